The lowest BCUT2D eigenvalue weighted by Gasteiger charge is -2.25. The summed E-state index contributed by atoms with van der Waals surface area (Å²) in [6.45, 7) is 0.743. The van der Waals surface area contributed by atoms with Gasteiger partial charge in [-0.2, -0.15) is 0 Å². The topological polar surface area (TPSA) is 33.2 Å². The minimum Gasteiger partial charge on any atom is -0.332 e. The molecule has 1 saturated heterocycles. The molecule has 0 aliphatic carbocycles. The largest absolute Gasteiger partial charge is 0.332 e. The van der Waals surface area contributed by atoms with Crippen LogP contribution in [0.1, 0.15) is 40.4 Å². The smallest absolute Gasteiger partial charge is 0.255 e. The molecule has 2 aromatic rings. The summed E-state index contributed by atoms with van der Waals surface area (Å²) < 4.78 is 0. The van der Waals surface area contributed by atoms with Gasteiger partial charge in [-0.15, -0.1) is 6.42 Å². The number of likely N-dealkylation sites (tertiary alicyclic amines) is 1. The van der Waals surface area contributed by atoms with E-state index in [1.165, 1.54) is 6.20 Å². The first kappa shape index (κ1) is 14.6. The zero-order valence-electron chi connectivity index (χ0n) is 12.0. The van der Waals surface area contributed by atoms with Crippen LogP contribution in [0.2, 0.25) is 5.02 Å². The normalized spacial score (nSPS) is 17.3. The third-order valence-corrected chi connectivity index (χ3v) is 4.13. The highest BCUT2D eigenvalue weighted by Gasteiger charge is 2.30. The van der Waals surface area contributed by atoms with Gasteiger partial charge < -0.3 is 4.90 Å². The lowest BCUT2D eigenvalue weighted by molar-refractivity contribution is 0.0735. The Labute approximate surface area is 134 Å². The molecule has 1 amide bonds. The monoisotopic (exact) mass is 310 g/mol. The summed E-state index contributed by atoms with van der Waals surface area (Å²) in [6, 6.07) is 9.57. The standard InChI is InChI=1S/C18H15ClN2O/c1-2-13-5-7-14(8-6-13)17-4-3-9-21(17)18(22)15-10-16(19)12-20-11-15/h1,5-8,10-12,17H,3-4,9H2. The molecule has 1 aliphatic heterocycles. The first-order valence-corrected chi connectivity index (χ1v) is 7.55. The zero-order chi connectivity index (χ0) is 15.5. The second-order valence-corrected chi connectivity index (χ2v) is 5.75. The molecule has 3 nitrogen and oxygen atoms in total. The van der Waals surface area contributed by atoms with Crippen LogP contribution in [0.25, 0.3) is 0 Å². The van der Waals surface area contributed by atoms with Gasteiger partial charge in [0.15, 0.2) is 0 Å². The molecule has 2 heterocycles. The highest BCUT2D eigenvalue weighted by molar-refractivity contribution is 6.30. The number of amides is 1. The van der Waals surface area contributed by atoms with Gasteiger partial charge in [0.25, 0.3) is 5.91 Å². The van der Waals surface area contributed by atoms with Crippen molar-refractivity contribution in [3.63, 3.8) is 0 Å². The fourth-order valence-corrected chi connectivity index (χ4v) is 3.03. The van der Waals surface area contributed by atoms with E-state index in [9.17, 15) is 4.79 Å². The number of rotatable bonds is 2. The molecule has 1 fully saturated rings. The van der Waals surface area contributed by atoms with Gasteiger partial charge in [0.2, 0.25) is 0 Å². The van der Waals surface area contributed by atoms with Crippen LogP contribution in [0.15, 0.2) is 42.7 Å². The summed E-state index contributed by atoms with van der Waals surface area (Å²) >= 11 is 5.93. The van der Waals surface area contributed by atoms with Crippen LogP contribution in [0.4, 0.5) is 0 Å². The van der Waals surface area contributed by atoms with Gasteiger partial charge in [-0.05, 0) is 36.6 Å². The molecule has 22 heavy (non-hydrogen) atoms. The zero-order valence-corrected chi connectivity index (χ0v) is 12.8. The molecule has 4 heteroatoms. The lowest BCUT2D eigenvalue weighted by atomic mass is 10.0. The molecule has 0 spiro atoms. The molecule has 0 bridgehead atoms. The molecule has 0 radical (unpaired) electrons. The summed E-state index contributed by atoms with van der Waals surface area (Å²) in [7, 11) is 0. The highest BCUT2D eigenvalue weighted by atomic mass is 35.5. The van der Waals surface area contributed by atoms with Crippen molar-refractivity contribution >= 4 is 17.5 Å². The van der Waals surface area contributed by atoms with E-state index in [0.29, 0.717) is 10.6 Å². The van der Waals surface area contributed by atoms with Crippen molar-refractivity contribution in [2.24, 2.45) is 0 Å². The van der Waals surface area contributed by atoms with Gasteiger partial charge in [0.05, 0.1) is 16.6 Å². The van der Waals surface area contributed by atoms with Crippen molar-refractivity contribution in [3.8, 4) is 12.3 Å². The predicted octanol–water partition coefficient (Wildman–Crippen LogP) is 3.69. The Kier molecular flexibility index (Phi) is 4.13. The van der Waals surface area contributed by atoms with E-state index in [1.807, 2.05) is 29.2 Å². The number of terminal acetylenes is 1. The number of hydrogen-bond acceptors (Lipinski definition) is 2. The molecule has 110 valence electrons. The highest BCUT2D eigenvalue weighted by Crippen LogP contribution is 2.33. The summed E-state index contributed by atoms with van der Waals surface area (Å²) in [6.07, 6.45) is 10.4. The quantitative estimate of drug-likeness (QED) is 0.793. The summed E-state index contributed by atoms with van der Waals surface area (Å²) in [5.41, 5.74) is 2.48. The van der Waals surface area contributed by atoms with Crippen LogP contribution >= 0.6 is 11.6 Å². The van der Waals surface area contributed by atoms with E-state index in [2.05, 4.69) is 10.9 Å². The number of halogens is 1. The lowest BCUT2D eigenvalue weighted by Crippen LogP contribution is -2.30. The second kappa shape index (κ2) is 6.21. The van der Waals surface area contributed by atoms with Crippen LogP contribution in [0.3, 0.4) is 0 Å². The molecule has 1 atom stereocenters. The predicted molar refractivity (Wildman–Crippen MR) is 86.6 cm³/mol. The molecule has 1 aliphatic rings. The first-order chi connectivity index (χ1) is 10.7. The van der Waals surface area contributed by atoms with E-state index in [-0.39, 0.29) is 11.9 Å². The van der Waals surface area contributed by atoms with Gasteiger partial charge in [0, 0.05) is 24.5 Å². The van der Waals surface area contributed by atoms with E-state index < -0.39 is 0 Å². The second-order valence-electron chi connectivity index (χ2n) is 5.31. The Morgan fingerprint density at radius 3 is 2.77 bits per heavy atom. The van der Waals surface area contributed by atoms with Gasteiger partial charge >= 0.3 is 0 Å². The molecular formula is C18H15ClN2O. The Hall–Kier alpha value is -2.31. The SMILES string of the molecule is C#Cc1ccc(C2CCCN2C(=O)c2cncc(Cl)c2)cc1. The molecule has 1 aromatic carbocycles. The van der Waals surface area contributed by atoms with Crippen molar-refractivity contribution < 1.29 is 4.79 Å². The van der Waals surface area contributed by atoms with Gasteiger partial charge in [-0.1, -0.05) is 29.7 Å². The van der Waals surface area contributed by atoms with E-state index in [1.54, 1.807) is 12.3 Å². The minimum atomic E-state index is -0.0291. The molecule has 3 rings (SSSR count). The van der Waals surface area contributed by atoms with Crippen LogP contribution in [0.5, 0.6) is 0 Å². The van der Waals surface area contributed by atoms with Crippen molar-refractivity contribution in [2.75, 3.05) is 6.54 Å². The minimum absolute atomic E-state index is 0.0291. The maximum atomic E-state index is 12.7. The van der Waals surface area contributed by atoms with Crippen molar-refractivity contribution in [3.05, 3.63) is 64.4 Å². The molecule has 0 saturated carbocycles. The first-order valence-electron chi connectivity index (χ1n) is 7.17. The maximum Gasteiger partial charge on any atom is 0.255 e. The number of pyridine rings is 1. The molecular weight excluding hydrogens is 296 g/mol. The molecule has 0 N–H and O–H groups in total. The number of aromatic nitrogens is 1. The molecule has 1 aromatic heterocycles. The van der Waals surface area contributed by atoms with Gasteiger partial charge in [-0.3, -0.25) is 9.78 Å². The van der Waals surface area contributed by atoms with Crippen LogP contribution in [0, 0.1) is 12.3 Å². The Morgan fingerprint density at radius 1 is 1.32 bits per heavy atom. The summed E-state index contributed by atoms with van der Waals surface area (Å²) in [5, 5.41) is 0.472. The van der Waals surface area contributed by atoms with Crippen molar-refractivity contribution in [2.45, 2.75) is 18.9 Å². The van der Waals surface area contributed by atoms with Crippen LogP contribution in [-0.2, 0) is 0 Å². The van der Waals surface area contributed by atoms with E-state index in [0.717, 1.165) is 30.5 Å². The number of nitrogens with zero attached hydrogens (tertiary/aromatic N) is 2. The van der Waals surface area contributed by atoms with Gasteiger partial charge in [0.1, 0.15) is 0 Å². The fraction of sp³-hybridized carbons (Fsp3) is 0.222. The third-order valence-electron chi connectivity index (χ3n) is 3.93. The maximum absolute atomic E-state index is 12.7. The third kappa shape index (κ3) is 2.84. The Balaban J connectivity index is 1.86. The Bertz CT molecular complexity index is 733. The van der Waals surface area contributed by atoms with Crippen molar-refractivity contribution in [1.29, 1.82) is 0 Å². The number of carbonyl (C=O) groups excluding carboxylic acids is 1. The Morgan fingerprint density at radius 2 is 2.09 bits per heavy atom. The van der Waals surface area contributed by atoms with Crippen molar-refractivity contribution in [1.82, 2.24) is 9.88 Å². The van der Waals surface area contributed by atoms with Crippen LogP contribution in [-0.4, -0.2) is 22.3 Å². The van der Waals surface area contributed by atoms with Gasteiger partial charge in [-0.25, -0.2) is 0 Å². The average molecular weight is 311 g/mol. The number of hydrogen-bond donors (Lipinski definition) is 0. The average Bonchev–Trinajstić information content (AvgIpc) is 3.04. The molecule has 1 unspecified atom stereocenters. The summed E-state index contributed by atoms with van der Waals surface area (Å²) in [5.74, 6) is 2.58. The number of carbonyl (C=O) groups is 1. The summed E-state index contributed by atoms with van der Waals surface area (Å²) in [4.78, 5) is 18.6. The van der Waals surface area contributed by atoms with E-state index in [4.69, 9.17) is 18.0 Å². The fourth-order valence-electron chi connectivity index (χ4n) is 2.85. The van der Waals surface area contributed by atoms with Crippen LogP contribution < -0.4 is 0 Å². The van der Waals surface area contributed by atoms with E-state index >= 15 is 0 Å². The number of benzene rings is 1.